The van der Waals surface area contributed by atoms with E-state index < -0.39 is 11.5 Å². The molecule has 21 heavy (non-hydrogen) atoms. The summed E-state index contributed by atoms with van der Waals surface area (Å²) >= 11 is 1.70. The summed E-state index contributed by atoms with van der Waals surface area (Å²) in [5.41, 5.74) is 0.0968. The van der Waals surface area contributed by atoms with Crippen molar-refractivity contribution in [2.45, 2.75) is 35.0 Å². The molecule has 4 rings (SSSR count). The van der Waals surface area contributed by atoms with Gasteiger partial charge in [-0.05, 0) is 12.0 Å². The molecule has 0 bridgehead atoms. The SMILES string of the molecule is O=C(Cc1ccccc1)NC1C2SC3CCN3C12C(=O)O. The van der Waals surface area contributed by atoms with Crippen LogP contribution >= 0.6 is 11.8 Å². The fourth-order valence-electron chi connectivity index (χ4n) is 3.53. The summed E-state index contributed by atoms with van der Waals surface area (Å²) in [5, 5.41) is 12.9. The van der Waals surface area contributed by atoms with Crippen LogP contribution in [0.2, 0.25) is 0 Å². The van der Waals surface area contributed by atoms with Crippen LogP contribution in [0.15, 0.2) is 30.3 Å². The molecule has 1 saturated carbocycles. The number of amides is 1. The molecular formula is C15H16N2O3S. The fourth-order valence-corrected chi connectivity index (χ4v) is 5.49. The molecule has 2 aliphatic heterocycles. The molecule has 3 fully saturated rings. The van der Waals surface area contributed by atoms with Crippen molar-refractivity contribution in [1.82, 2.24) is 10.2 Å². The zero-order valence-corrected chi connectivity index (χ0v) is 12.2. The van der Waals surface area contributed by atoms with E-state index in [0.717, 1.165) is 18.5 Å². The Bertz CT molecular complexity index is 608. The van der Waals surface area contributed by atoms with Crippen molar-refractivity contribution >= 4 is 23.6 Å². The second-order valence-electron chi connectivity index (χ2n) is 5.83. The second kappa shape index (κ2) is 4.48. The summed E-state index contributed by atoms with van der Waals surface area (Å²) in [6.45, 7) is 0.825. The molecule has 1 amide bonds. The molecule has 2 N–H and O–H groups in total. The first-order chi connectivity index (χ1) is 10.1. The molecule has 3 aliphatic rings. The maximum Gasteiger partial charge on any atom is 0.327 e. The van der Waals surface area contributed by atoms with E-state index in [1.54, 1.807) is 11.8 Å². The highest BCUT2D eigenvalue weighted by molar-refractivity contribution is 8.01. The molecule has 2 saturated heterocycles. The molecule has 5 nitrogen and oxygen atoms in total. The van der Waals surface area contributed by atoms with Gasteiger partial charge in [0.25, 0.3) is 0 Å². The van der Waals surface area contributed by atoms with Crippen LogP contribution in [0.1, 0.15) is 12.0 Å². The summed E-state index contributed by atoms with van der Waals surface area (Å²) in [6, 6.07) is 9.25. The lowest BCUT2D eigenvalue weighted by Crippen LogP contribution is -2.57. The summed E-state index contributed by atoms with van der Waals surface area (Å²) in [5.74, 6) is -0.897. The number of hydrogen-bond acceptors (Lipinski definition) is 4. The van der Waals surface area contributed by atoms with E-state index in [2.05, 4.69) is 5.32 Å². The van der Waals surface area contributed by atoms with Crippen LogP contribution in [0, 0.1) is 0 Å². The van der Waals surface area contributed by atoms with Gasteiger partial charge in [-0.3, -0.25) is 14.5 Å². The van der Waals surface area contributed by atoms with Gasteiger partial charge in [0.15, 0.2) is 5.54 Å². The van der Waals surface area contributed by atoms with E-state index in [0.29, 0.717) is 11.8 Å². The normalized spacial score (nSPS) is 36.3. The maximum absolute atomic E-state index is 12.1. The van der Waals surface area contributed by atoms with Crippen molar-refractivity contribution in [3.63, 3.8) is 0 Å². The Morgan fingerprint density at radius 3 is 2.76 bits per heavy atom. The minimum absolute atomic E-state index is 0.00206. The van der Waals surface area contributed by atoms with Gasteiger partial charge in [-0.2, -0.15) is 0 Å². The number of fused-ring (bicyclic) bond motifs is 3. The number of aliphatic carboxylic acids is 1. The molecule has 110 valence electrons. The summed E-state index contributed by atoms with van der Waals surface area (Å²) < 4.78 is 0. The predicted octanol–water partition coefficient (Wildman–Crippen LogP) is 0.698. The van der Waals surface area contributed by atoms with E-state index in [1.165, 1.54) is 0 Å². The van der Waals surface area contributed by atoms with Crippen molar-refractivity contribution in [1.29, 1.82) is 0 Å². The fraction of sp³-hybridized carbons (Fsp3) is 0.467. The first-order valence-electron chi connectivity index (χ1n) is 7.13. The lowest BCUT2D eigenvalue weighted by molar-refractivity contribution is -0.147. The van der Waals surface area contributed by atoms with Crippen LogP contribution in [-0.4, -0.2) is 50.6 Å². The van der Waals surface area contributed by atoms with Gasteiger partial charge < -0.3 is 10.4 Å². The van der Waals surface area contributed by atoms with Gasteiger partial charge in [-0.15, -0.1) is 11.8 Å². The van der Waals surface area contributed by atoms with E-state index in [9.17, 15) is 14.7 Å². The van der Waals surface area contributed by atoms with Crippen molar-refractivity contribution in [2.24, 2.45) is 0 Å². The van der Waals surface area contributed by atoms with Crippen molar-refractivity contribution in [2.75, 3.05) is 6.54 Å². The second-order valence-corrected chi connectivity index (χ2v) is 7.16. The third-order valence-electron chi connectivity index (χ3n) is 4.71. The number of thioether (sulfide) groups is 1. The van der Waals surface area contributed by atoms with Gasteiger partial charge in [0.05, 0.1) is 23.1 Å². The lowest BCUT2D eigenvalue weighted by atomic mass is 10.1. The molecule has 2 heterocycles. The zero-order chi connectivity index (χ0) is 14.6. The number of nitrogens with zero attached hydrogens (tertiary/aromatic N) is 1. The van der Waals surface area contributed by atoms with Crippen LogP contribution < -0.4 is 5.32 Å². The number of carbonyl (C=O) groups excluding carboxylic acids is 1. The third-order valence-corrected chi connectivity index (χ3v) is 6.44. The average Bonchev–Trinajstić information content (AvgIpc) is 2.94. The average molecular weight is 304 g/mol. The predicted molar refractivity (Wildman–Crippen MR) is 78.9 cm³/mol. The molecule has 0 aromatic heterocycles. The van der Waals surface area contributed by atoms with Crippen LogP contribution in [0.5, 0.6) is 0 Å². The Kier molecular flexibility index (Phi) is 2.81. The van der Waals surface area contributed by atoms with E-state index in [-0.39, 0.29) is 17.2 Å². The lowest BCUT2D eigenvalue weighted by Gasteiger charge is -2.40. The molecule has 0 spiro atoms. The molecule has 1 aromatic rings. The first kappa shape index (κ1) is 13.2. The van der Waals surface area contributed by atoms with Gasteiger partial charge in [-0.25, -0.2) is 0 Å². The van der Waals surface area contributed by atoms with Gasteiger partial charge >= 0.3 is 5.97 Å². The molecule has 6 heteroatoms. The Morgan fingerprint density at radius 2 is 2.14 bits per heavy atom. The largest absolute Gasteiger partial charge is 0.480 e. The quantitative estimate of drug-likeness (QED) is 0.857. The first-order valence-corrected chi connectivity index (χ1v) is 8.07. The number of benzene rings is 1. The number of carbonyl (C=O) groups is 2. The molecule has 1 aliphatic carbocycles. The molecule has 0 radical (unpaired) electrons. The minimum atomic E-state index is -0.847. The van der Waals surface area contributed by atoms with Crippen LogP contribution in [0.25, 0.3) is 0 Å². The number of rotatable bonds is 4. The summed E-state index contributed by atoms with van der Waals surface area (Å²) in [4.78, 5) is 25.9. The van der Waals surface area contributed by atoms with E-state index >= 15 is 0 Å². The highest BCUT2D eigenvalue weighted by Gasteiger charge is 2.81. The highest BCUT2D eigenvalue weighted by atomic mass is 32.2. The third kappa shape index (κ3) is 1.75. The molecule has 1 aromatic carbocycles. The van der Waals surface area contributed by atoms with Crippen molar-refractivity contribution in [3.05, 3.63) is 35.9 Å². The van der Waals surface area contributed by atoms with Gasteiger partial charge in [0, 0.05) is 6.54 Å². The van der Waals surface area contributed by atoms with Crippen molar-refractivity contribution < 1.29 is 14.7 Å². The molecule has 4 atom stereocenters. The van der Waals surface area contributed by atoms with E-state index in [4.69, 9.17) is 0 Å². The van der Waals surface area contributed by atoms with Crippen LogP contribution in [0.4, 0.5) is 0 Å². The molecular weight excluding hydrogens is 288 g/mol. The Balaban J connectivity index is 1.44. The van der Waals surface area contributed by atoms with Crippen molar-refractivity contribution in [3.8, 4) is 0 Å². The number of carboxylic acid groups (broad SMARTS) is 1. The highest BCUT2D eigenvalue weighted by Crippen LogP contribution is 2.63. The monoisotopic (exact) mass is 304 g/mol. The maximum atomic E-state index is 12.1. The number of carboxylic acids is 1. The summed E-state index contributed by atoms with van der Waals surface area (Å²) in [6.07, 6.45) is 1.36. The van der Waals surface area contributed by atoms with E-state index in [1.807, 2.05) is 35.2 Å². The topological polar surface area (TPSA) is 69.6 Å². The Labute approximate surface area is 126 Å². The van der Waals surface area contributed by atoms with Gasteiger partial charge in [0.2, 0.25) is 5.91 Å². The van der Waals surface area contributed by atoms with Crippen LogP contribution in [0.3, 0.4) is 0 Å². The van der Waals surface area contributed by atoms with Gasteiger partial charge in [0.1, 0.15) is 0 Å². The Hall–Kier alpha value is -1.53. The number of hydrogen-bond donors (Lipinski definition) is 2. The standard InChI is InChI=1S/C15H16N2O3S/c18-10(8-9-4-2-1-3-5-9)16-12-13-15(12,14(19)20)17-7-6-11(17)21-13/h1-5,11-13H,6-8H2,(H,16,18)(H,19,20). The van der Waals surface area contributed by atoms with Crippen LogP contribution in [-0.2, 0) is 16.0 Å². The minimum Gasteiger partial charge on any atom is -0.480 e. The summed E-state index contributed by atoms with van der Waals surface area (Å²) in [7, 11) is 0. The Morgan fingerprint density at radius 1 is 1.38 bits per heavy atom. The smallest absolute Gasteiger partial charge is 0.327 e. The molecule has 4 unspecified atom stereocenters. The zero-order valence-electron chi connectivity index (χ0n) is 11.4. The van der Waals surface area contributed by atoms with Gasteiger partial charge in [-0.1, -0.05) is 30.3 Å². The number of nitrogens with one attached hydrogen (secondary N) is 1.